The van der Waals surface area contributed by atoms with E-state index in [2.05, 4.69) is 32.3 Å². The topological polar surface area (TPSA) is 39.1 Å². The third-order valence-corrected chi connectivity index (χ3v) is 7.13. The molecule has 0 aliphatic heterocycles. The van der Waals surface area contributed by atoms with Gasteiger partial charge in [-0.3, -0.25) is 0 Å². The molecule has 4 heteroatoms. The number of aromatic nitrogens is 1. The van der Waals surface area contributed by atoms with Crippen molar-refractivity contribution in [3.05, 3.63) is 59.3 Å². The fraction of sp³-hybridized carbons (Fsp3) is 0.391. The molecule has 0 unspecified atom stereocenters. The van der Waals surface area contributed by atoms with E-state index in [9.17, 15) is 8.42 Å². The Balaban J connectivity index is 2.12. The van der Waals surface area contributed by atoms with E-state index in [-0.39, 0.29) is 5.41 Å². The average Bonchev–Trinajstić information content (AvgIpc) is 2.83. The number of fused-ring (bicyclic) bond motifs is 1. The van der Waals surface area contributed by atoms with E-state index < -0.39 is 9.84 Å². The van der Waals surface area contributed by atoms with E-state index in [0.29, 0.717) is 9.79 Å². The number of rotatable bonds is 4. The van der Waals surface area contributed by atoms with Crippen molar-refractivity contribution in [1.82, 2.24) is 4.57 Å². The Kier molecular flexibility index (Phi) is 4.98. The highest BCUT2D eigenvalue weighted by Gasteiger charge is 2.21. The first kappa shape index (κ1) is 19.7. The number of hydrogen-bond acceptors (Lipinski definition) is 2. The molecule has 0 atom stereocenters. The summed E-state index contributed by atoms with van der Waals surface area (Å²) in [7, 11) is -1.47. The lowest BCUT2D eigenvalue weighted by Gasteiger charge is -2.18. The standard InChI is InChI=1S/C23H29NO2S/c1-16-7-9-18(10-8-16)27(25,26)19-11-12-22-21(15-19)20(17(2)24(22)6)13-14-23(3,4)5/h7-12,15H,13-14H2,1-6H3. The highest BCUT2D eigenvalue weighted by atomic mass is 32.2. The Bertz CT molecular complexity index is 1080. The van der Waals surface area contributed by atoms with E-state index >= 15 is 0 Å². The Labute approximate surface area is 162 Å². The van der Waals surface area contributed by atoms with E-state index in [1.54, 1.807) is 18.2 Å². The normalized spacial score (nSPS) is 12.7. The fourth-order valence-electron chi connectivity index (χ4n) is 3.46. The Morgan fingerprint density at radius 2 is 1.52 bits per heavy atom. The molecule has 3 nitrogen and oxygen atoms in total. The summed E-state index contributed by atoms with van der Waals surface area (Å²) in [6.45, 7) is 10.8. The number of aryl methyl sites for hydroxylation is 3. The minimum atomic E-state index is -3.52. The van der Waals surface area contributed by atoms with Crippen LogP contribution in [0.3, 0.4) is 0 Å². The molecular weight excluding hydrogens is 354 g/mol. The van der Waals surface area contributed by atoms with Gasteiger partial charge >= 0.3 is 0 Å². The maximum atomic E-state index is 13.1. The van der Waals surface area contributed by atoms with Crippen molar-refractivity contribution in [3.8, 4) is 0 Å². The summed E-state index contributed by atoms with van der Waals surface area (Å²) in [6, 6.07) is 12.6. The van der Waals surface area contributed by atoms with E-state index in [4.69, 9.17) is 0 Å². The van der Waals surface area contributed by atoms with Crippen LogP contribution in [-0.2, 0) is 23.3 Å². The van der Waals surface area contributed by atoms with Gasteiger partial charge in [0.1, 0.15) is 0 Å². The van der Waals surface area contributed by atoms with Crippen LogP contribution in [0.1, 0.15) is 44.0 Å². The van der Waals surface area contributed by atoms with Gasteiger partial charge in [0.15, 0.2) is 0 Å². The molecule has 0 saturated heterocycles. The predicted octanol–water partition coefficient (Wildman–Crippen LogP) is 5.61. The smallest absolute Gasteiger partial charge is 0.206 e. The van der Waals surface area contributed by atoms with Gasteiger partial charge < -0.3 is 4.57 Å². The zero-order chi connectivity index (χ0) is 20.0. The molecule has 3 rings (SSSR count). The average molecular weight is 384 g/mol. The monoisotopic (exact) mass is 383 g/mol. The van der Waals surface area contributed by atoms with Crippen molar-refractivity contribution in [2.24, 2.45) is 12.5 Å². The van der Waals surface area contributed by atoms with Crippen LogP contribution in [0.25, 0.3) is 10.9 Å². The number of benzene rings is 2. The molecule has 0 spiro atoms. The van der Waals surface area contributed by atoms with Crippen LogP contribution in [0.15, 0.2) is 52.3 Å². The zero-order valence-corrected chi connectivity index (χ0v) is 17.9. The maximum Gasteiger partial charge on any atom is 0.206 e. The van der Waals surface area contributed by atoms with Crippen molar-refractivity contribution in [2.75, 3.05) is 0 Å². The second-order valence-electron chi connectivity index (χ2n) is 8.68. The summed E-state index contributed by atoms with van der Waals surface area (Å²) in [6.07, 6.45) is 2.00. The fourth-order valence-corrected chi connectivity index (χ4v) is 4.75. The van der Waals surface area contributed by atoms with Gasteiger partial charge in [-0.1, -0.05) is 38.5 Å². The predicted molar refractivity (Wildman–Crippen MR) is 112 cm³/mol. The molecule has 1 heterocycles. The van der Waals surface area contributed by atoms with Gasteiger partial charge in [-0.25, -0.2) is 8.42 Å². The molecule has 0 bridgehead atoms. The minimum Gasteiger partial charge on any atom is -0.348 e. The van der Waals surface area contributed by atoms with Crippen molar-refractivity contribution in [2.45, 2.75) is 57.3 Å². The first-order chi connectivity index (χ1) is 12.5. The molecule has 0 aliphatic carbocycles. The molecular formula is C23H29NO2S. The molecule has 1 aromatic heterocycles. The van der Waals surface area contributed by atoms with Crippen LogP contribution in [0.2, 0.25) is 0 Å². The van der Waals surface area contributed by atoms with Crippen LogP contribution in [-0.4, -0.2) is 13.0 Å². The lowest BCUT2D eigenvalue weighted by molar-refractivity contribution is 0.378. The Morgan fingerprint density at radius 3 is 2.11 bits per heavy atom. The molecule has 144 valence electrons. The molecule has 27 heavy (non-hydrogen) atoms. The third-order valence-electron chi connectivity index (χ3n) is 5.36. The molecule has 3 aromatic rings. The van der Waals surface area contributed by atoms with Crippen LogP contribution >= 0.6 is 0 Å². The van der Waals surface area contributed by atoms with Gasteiger partial charge in [-0.15, -0.1) is 0 Å². The SMILES string of the molecule is Cc1ccc(S(=O)(=O)c2ccc3c(c2)c(CCC(C)(C)C)c(C)n3C)cc1. The first-order valence-electron chi connectivity index (χ1n) is 9.40. The molecule has 0 radical (unpaired) electrons. The zero-order valence-electron chi connectivity index (χ0n) is 17.1. The highest BCUT2D eigenvalue weighted by molar-refractivity contribution is 7.91. The summed E-state index contributed by atoms with van der Waals surface area (Å²) in [4.78, 5) is 0.706. The molecule has 0 aliphatic rings. The van der Waals surface area contributed by atoms with Gasteiger partial charge in [0.05, 0.1) is 9.79 Å². The van der Waals surface area contributed by atoms with Crippen molar-refractivity contribution in [3.63, 3.8) is 0 Å². The molecule has 0 fully saturated rings. The number of hydrogen-bond donors (Lipinski definition) is 0. The molecule has 0 N–H and O–H groups in total. The van der Waals surface area contributed by atoms with E-state index in [0.717, 1.165) is 29.3 Å². The van der Waals surface area contributed by atoms with Gasteiger partial charge in [-0.05, 0) is 68.0 Å². The largest absolute Gasteiger partial charge is 0.348 e. The highest BCUT2D eigenvalue weighted by Crippen LogP contribution is 2.32. The quantitative estimate of drug-likeness (QED) is 0.588. The van der Waals surface area contributed by atoms with Gasteiger partial charge in [0, 0.05) is 23.6 Å². The number of sulfone groups is 1. The Morgan fingerprint density at radius 1 is 0.926 bits per heavy atom. The minimum absolute atomic E-state index is 0.236. The first-order valence-corrected chi connectivity index (χ1v) is 10.9. The van der Waals surface area contributed by atoms with Crippen molar-refractivity contribution < 1.29 is 8.42 Å². The maximum absolute atomic E-state index is 13.1. The van der Waals surface area contributed by atoms with Gasteiger partial charge in [0.25, 0.3) is 0 Å². The van der Waals surface area contributed by atoms with Gasteiger partial charge in [0.2, 0.25) is 9.84 Å². The summed E-state index contributed by atoms with van der Waals surface area (Å²) >= 11 is 0. The van der Waals surface area contributed by atoms with Crippen LogP contribution in [0.5, 0.6) is 0 Å². The van der Waals surface area contributed by atoms with Crippen molar-refractivity contribution in [1.29, 1.82) is 0 Å². The summed E-state index contributed by atoms with van der Waals surface area (Å²) in [5.41, 5.74) is 4.83. The summed E-state index contributed by atoms with van der Waals surface area (Å²) in [5.74, 6) is 0. The lowest BCUT2D eigenvalue weighted by Crippen LogP contribution is -2.07. The third kappa shape index (κ3) is 3.81. The molecule has 0 amide bonds. The van der Waals surface area contributed by atoms with Gasteiger partial charge in [-0.2, -0.15) is 0 Å². The molecule has 0 saturated carbocycles. The number of nitrogens with zero attached hydrogens (tertiary/aromatic N) is 1. The van der Waals surface area contributed by atoms with Crippen LogP contribution in [0.4, 0.5) is 0 Å². The van der Waals surface area contributed by atoms with Crippen LogP contribution in [0, 0.1) is 19.3 Å². The lowest BCUT2D eigenvalue weighted by atomic mass is 9.88. The van der Waals surface area contributed by atoms with E-state index in [1.807, 2.05) is 38.2 Å². The Hall–Kier alpha value is -2.07. The van der Waals surface area contributed by atoms with E-state index in [1.165, 1.54) is 11.3 Å². The van der Waals surface area contributed by atoms with Crippen molar-refractivity contribution >= 4 is 20.7 Å². The second kappa shape index (κ2) is 6.83. The molecule has 2 aromatic carbocycles. The summed E-state index contributed by atoms with van der Waals surface area (Å²) in [5, 5.41) is 1.05. The summed E-state index contributed by atoms with van der Waals surface area (Å²) < 4.78 is 28.4. The second-order valence-corrected chi connectivity index (χ2v) is 10.6. The van der Waals surface area contributed by atoms with Crippen LogP contribution < -0.4 is 0 Å².